The predicted molar refractivity (Wildman–Crippen MR) is 117 cm³/mol. The first-order chi connectivity index (χ1) is 15.1. The van der Waals surface area contributed by atoms with Gasteiger partial charge in [-0.25, -0.2) is 9.61 Å². The maximum Gasteiger partial charge on any atom is 0.245 e. The van der Waals surface area contributed by atoms with E-state index in [1.165, 1.54) is 0 Å². The highest BCUT2D eigenvalue weighted by Crippen LogP contribution is 2.27. The molecule has 158 valence electrons. The van der Waals surface area contributed by atoms with E-state index in [1.54, 1.807) is 26.5 Å². The van der Waals surface area contributed by atoms with Gasteiger partial charge in [0.15, 0.2) is 11.6 Å². The molecule has 10 nitrogen and oxygen atoms in total. The van der Waals surface area contributed by atoms with Crippen LogP contribution in [0.4, 0.5) is 17.3 Å². The highest BCUT2D eigenvalue weighted by molar-refractivity contribution is 5.85. The van der Waals surface area contributed by atoms with Crippen LogP contribution in [-0.2, 0) is 0 Å². The molecular weight excluding hydrogens is 398 g/mol. The Kier molecular flexibility index (Phi) is 5.61. The molecular formula is C21H21N7O3. The fourth-order valence-electron chi connectivity index (χ4n) is 2.91. The van der Waals surface area contributed by atoms with Gasteiger partial charge in [-0.2, -0.15) is 10.1 Å². The summed E-state index contributed by atoms with van der Waals surface area (Å²) in [6.07, 6.45) is 1.62. The Balaban J connectivity index is 1.65. The molecule has 0 aliphatic heterocycles. The van der Waals surface area contributed by atoms with Crippen LogP contribution in [0.25, 0.3) is 11.3 Å². The number of aryl methyl sites for hydroxylation is 1. The van der Waals surface area contributed by atoms with E-state index >= 15 is 0 Å². The van der Waals surface area contributed by atoms with Gasteiger partial charge in [0.1, 0.15) is 11.5 Å². The summed E-state index contributed by atoms with van der Waals surface area (Å²) < 4.78 is 15.4. The van der Waals surface area contributed by atoms with Crippen LogP contribution >= 0.6 is 0 Å². The molecule has 0 saturated heterocycles. The van der Waals surface area contributed by atoms with Crippen LogP contribution in [0, 0.1) is 13.8 Å². The number of fused-ring (bicyclic) bond motifs is 1. The van der Waals surface area contributed by atoms with Crippen molar-refractivity contribution in [1.82, 2.24) is 20.3 Å². The van der Waals surface area contributed by atoms with Crippen LogP contribution in [0.2, 0.25) is 0 Å². The Morgan fingerprint density at radius 1 is 0.968 bits per heavy atom. The fraction of sp³-hybridized carbons (Fsp3) is 0.190. The zero-order valence-electron chi connectivity index (χ0n) is 17.5. The van der Waals surface area contributed by atoms with Crippen LogP contribution in [0.15, 0.2) is 46.1 Å². The van der Waals surface area contributed by atoms with Crippen molar-refractivity contribution in [3.8, 4) is 11.5 Å². The molecule has 2 N–H and O–H groups in total. The Morgan fingerprint density at radius 2 is 1.74 bits per heavy atom. The second-order valence-electron chi connectivity index (χ2n) is 6.68. The number of hydrogen-bond donors (Lipinski definition) is 2. The number of nitrogens with zero attached hydrogens (tertiary/aromatic N) is 5. The minimum absolute atomic E-state index is 0.270. The molecule has 0 spiro atoms. The van der Waals surface area contributed by atoms with E-state index in [-0.39, 0.29) is 5.65 Å². The number of anilines is 3. The van der Waals surface area contributed by atoms with E-state index in [2.05, 4.69) is 36.1 Å². The van der Waals surface area contributed by atoms with E-state index < -0.39 is 0 Å². The summed E-state index contributed by atoms with van der Waals surface area (Å²) in [5.41, 5.74) is 7.39. The Bertz CT molecular complexity index is 1250. The number of hydrogen-bond acceptors (Lipinski definition) is 10. The Labute approximate surface area is 178 Å². The highest BCUT2D eigenvalue weighted by Gasteiger charge is 2.14. The van der Waals surface area contributed by atoms with E-state index in [1.807, 2.05) is 44.2 Å². The molecule has 0 radical (unpaired) electrons. The van der Waals surface area contributed by atoms with Crippen LogP contribution in [0.1, 0.15) is 16.7 Å². The second kappa shape index (κ2) is 8.66. The van der Waals surface area contributed by atoms with Gasteiger partial charge in [-0.05, 0) is 53.5 Å². The zero-order chi connectivity index (χ0) is 21.8. The summed E-state index contributed by atoms with van der Waals surface area (Å²) in [5, 5.41) is 15.1. The van der Waals surface area contributed by atoms with Gasteiger partial charge in [0.05, 0.1) is 20.4 Å². The molecule has 31 heavy (non-hydrogen) atoms. The smallest absolute Gasteiger partial charge is 0.245 e. The third kappa shape index (κ3) is 4.22. The van der Waals surface area contributed by atoms with Gasteiger partial charge in [-0.15, -0.1) is 0 Å². The number of benzene rings is 2. The maximum atomic E-state index is 5.39. The van der Waals surface area contributed by atoms with E-state index in [4.69, 9.17) is 14.1 Å². The molecule has 2 aromatic heterocycles. The highest BCUT2D eigenvalue weighted by atomic mass is 16.6. The molecule has 0 fully saturated rings. The molecule has 4 rings (SSSR count). The first kappa shape index (κ1) is 20.1. The van der Waals surface area contributed by atoms with E-state index in [9.17, 15) is 0 Å². The van der Waals surface area contributed by atoms with Gasteiger partial charge < -0.3 is 14.8 Å². The normalized spacial score (nSPS) is 11.1. The van der Waals surface area contributed by atoms with Gasteiger partial charge >= 0.3 is 0 Å². The molecule has 0 unspecified atom stereocenters. The molecule has 0 amide bonds. The zero-order valence-corrected chi connectivity index (χ0v) is 17.5. The minimum atomic E-state index is 0.270. The lowest BCUT2D eigenvalue weighted by Gasteiger charge is -2.13. The molecule has 0 aliphatic rings. The second-order valence-corrected chi connectivity index (χ2v) is 6.68. The molecule has 4 aromatic rings. The molecule has 0 bridgehead atoms. The number of nitrogens with one attached hydrogen (secondary N) is 2. The SMILES string of the molecule is COc1ccc(C=NNc2nc3nonc3nc2Nc2cccc(C)c2C)c(OC)c1. The van der Waals surface area contributed by atoms with Crippen LogP contribution in [0.3, 0.4) is 0 Å². The predicted octanol–water partition coefficient (Wildman–Crippen LogP) is 3.84. The third-order valence-electron chi connectivity index (χ3n) is 4.79. The van der Waals surface area contributed by atoms with Crippen molar-refractivity contribution in [3.63, 3.8) is 0 Å². The average Bonchev–Trinajstić information content (AvgIpc) is 3.24. The summed E-state index contributed by atoms with van der Waals surface area (Å²) in [7, 11) is 3.19. The van der Waals surface area contributed by atoms with Gasteiger partial charge in [-0.3, -0.25) is 5.43 Å². The first-order valence-corrected chi connectivity index (χ1v) is 9.43. The molecule has 10 heteroatoms. The van der Waals surface area contributed by atoms with Gasteiger partial charge in [0, 0.05) is 17.3 Å². The van der Waals surface area contributed by atoms with Gasteiger partial charge in [0.25, 0.3) is 0 Å². The number of rotatable bonds is 7. The lowest BCUT2D eigenvalue weighted by atomic mass is 10.1. The van der Waals surface area contributed by atoms with Gasteiger partial charge in [0.2, 0.25) is 11.3 Å². The van der Waals surface area contributed by atoms with Crippen LogP contribution in [-0.4, -0.2) is 40.7 Å². The van der Waals surface area contributed by atoms with Crippen molar-refractivity contribution in [2.45, 2.75) is 13.8 Å². The van der Waals surface area contributed by atoms with Crippen molar-refractivity contribution in [1.29, 1.82) is 0 Å². The van der Waals surface area contributed by atoms with Crippen molar-refractivity contribution < 1.29 is 14.1 Å². The summed E-state index contributed by atoms with van der Waals surface area (Å²) >= 11 is 0. The average molecular weight is 419 g/mol. The molecule has 0 saturated carbocycles. The summed E-state index contributed by atoms with van der Waals surface area (Å²) in [5.74, 6) is 2.13. The summed E-state index contributed by atoms with van der Waals surface area (Å²) in [6, 6.07) is 11.4. The fourth-order valence-corrected chi connectivity index (χ4v) is 2.91. The standard InChI is InChI=1S/C21H21N7O3/c1-12-6-5-7-16(13(12)2)23-18-19(25-21-20(24-18)27-31-28-21)26-22-11-14-8-9-15(29-3)10-17(14)30-4/h5-11H,1-4H3,(H,23,24,27)(H,25,26,28). The number of hydrazone groups is 1. The maximum absolute atomic E-state index is 5.39. The number of methoxy groups -OCH3 is 2. The molecule has 0 aliphatic carbocycles. The van der Waals surface area contributed by atoms with Crippen molar-refractivity contribution in [3.05, 3.63) is 53.1 Å². The minimum Gasteiger partial charge on any atom is -0.497 e. The lowest BCUT2D eigenvalue weighted by molar-refractivity contribution is 0.314. The van der Waals surface area contributed by atoms with Crippen LogP contribution in [0.5, 0.6) is 11.5 Å². The largest absolute Gasteiger partial charge is 0.497 e. The first-order valence-electron chi connectivity index (χ1n) is 9.43. The molecule has 2 heterocycles. The Morgan fingerprint density at radius 3 is 2.48 bits per heavy atom. The van der Waals surface area contributed by atoms with E-state index in [0.717, 1.165) is 22.4 Å². The van der Waals surface area contributed by atoms with Crippen molar-refractivity contribution in [2.75, 3.05) is 25.0 Å². The lowest BCUT2D eigenvalue weighted by Crippen LogP contribution is -2.04. The summed E-state index contributed by atoms with van der Waals surface area (Å²) in [6.45, 7) is 4.07. The number of ether oxygens (including phenoxy) is 2. The van der Waals surface area contributed by atoms with Crippen molar-refractivity contribution >= 4 is 34.8 Å². The Hall–Kier alpha value is -4.21. The molecule has 0 atom stereocenters. The molecule has 2 aromatic carbocycles. The quantitative estimate of drug-likeness (QED) is 0.340. The third-order valence-corrected chi connectivity index (χ3v) is 4.79. The number of aromatic nitrogens is 4. The van der Waals surface area contributed by atoms with Crippen LogP contribution < -0.4 is 20.2 Å². The monoisotopic (exact) mass is 419 g/mol. The topological polar surface area (TPSA) is 120 Å². The summed E-state index contributed by atoms with van der Waals surface area (Å²) in [4.78, 5) is 8.88. The van der Waals surface area contributed by atoms with Gasteiger partial charge in [-0.1, -0.05) is 12.1 Å². The van der Waals surface area contributed by atoms with Crippen molar-refractivity contribution in [2.24, 2.45) is 5.10 Å². The van der Waals surface area contributed by atoms with E-state index in [0.29, 0.717) is 28.8 Å².